The quantitative estimate of drug-likeness (QED) is 0.0548. The second-order valence-electron chi connectivity index (χ2n) is 19.5. The number of aryl methyl sites for hydroxylation is 2. The summed E-state index contributed by atoms with van der Waals surface area (Å²) >= 11 is 0. The molecule has 0 saturated heterocycles. The van der Waals surface area contributed by atoms with Crippen LogP contribution in [-0.2, 0) is 61.2 Å². The number of para-hydroxylation sites is 2. The van der Waals surface area contributed by atoms with Crippen LogP contribution in [0.1, 0.15) is 112 Å². The number of amides is 4. The summed E-state index contributed by atoms with van der Waals surface area (Å²) in [6.45, 7) is 1.74. The first-order valence-corrected chi connectivity index (χ1v) is 25.5. The Morgan fingerprint density at radius 2 is 1.35 bits per heavy atom. The number of aliphatic imine (C=N–C) groups is 1. The van der Waals surface area contributed by atoms with Crippen LogP contribution in [0.2, 0.25) is 0 Å². The van der Waals surface area contributed by atoms with Gasteiger partial charge in [0.1, 0.15) is 24.7 Å². The predicted octanol–water partition coefficient (Wildman–Crippen LogP) is 8.48. The van der Waals surface area contributed by atoms with Gasteiger partial charge in [0.05, 0.1) is 38.1 Å². The lowest BCUT2D eigenvalue weighted by Gasteiger charge is -2.23. The summed E-state index contributed by atoms with van der Waals surface area (Å²) in [6, 6.07) is 28.6. The fraction of sp³-hybridized carbons (Fsp3) is 0.356. The van der Waals surface area contributed by atoms with E-state index in [0.29, 0.717) is 76.6 Å². The van der Waals surface area contributed by atoms with E-state index in [1.54, 1.807) is 19.2 Å². The SMILES string of the molecule is COC(=O)CCCCC(=O)CCC(=O)NCC(=O)CCC(=O)N(C)c1cc(COc2cc3c(cc2C)C(=O)N2c4ccccc4C[C@H]2C=N3)cc(COc2cc3c(cc2OC)C(=O)N2c4ccccc4C[C@H]2CC3)c1. The van der Waals surface area contributed by atoms with Gasteiger partial charge in [0, 0.05) is 92.9 Å². The van der Waals surface area contributed by atoms with Gasteiger partial charge in [-0.15, -0.1) is 0 Å². The van der Waals surface area contributed by atoms with Crippen molar-refractivity contribution in [2.24, 2.45) is 4.99 Å². The molecule has 4 aliphatic rings. The van der Waals surface area contributed by atoms with E-state index in [2.05, 4.69) is 16.1 Å². The van der Waals surface area contributed by atoms with Crippen molar-refractivity contribution >= 4 is 70.1 Å². The topological polar surface area (TPSA) is 191 Å². The molecule has 4 aliphatic heterocycles. The van der Waals surface area contributed by atoms with Gasteiger partial charge in [0.25, 0.3) is 11.8 Å². The number of fused-ring (bicyclic) bond motifs is 8. The molecule has 4 heterocycles. The van der Waals surface area contributed by atoms with Crippen LogP contribution in [0.15, 0.2) is 96.0 Å². The molecule has 0 spiro atoms. The standard InChI is InChI=1S/C59H61N5O11/c1-36-23-48-49(60-32-44-28-41-12-6-9-15-51(41)64(44)59(48)71)31-52(36)74-34-37-24-38(35-75-54-29-39-17-18-42-27-40-11-5-8-14-50(40)63(42)58(70)47(39)30-53(54)72-3)26-43(25-37)62(2)56(68)22-20-46(66)33-61-55(67)21-19-45(65)13-7-10-16-57(69)73-4/h5-6,8-9,11-12,14-15,23-26,29-32,42,44H,7,10,13,16-22,27-28,33-35H2,1-4H3,(H,61,67)/t42-,44+/m1/s1. The van der Waals surface area contributed by atoms with Gasteiger partial charge in [-0.25, -0.2) is 0 Å². The zero-order valence-electron chi connectivity index (χ0n) is 42.8. The second kappa shape index (κ2) is 23.0. The minimum absolute atomic E-state index is 0.0210. The zero-order chi connectivity index (χ0) is 52.8. The number of nitrogens with one attached hydrogen (secondary N) is 1. The maximum Gasteiger partial charge on any atom is 0.305 e. The molecule has 0 aromatic heterocycles. The number of ketones is 2. The van der Waals surface area contributed by atoms with Gasteiger partial charge in [-0.1, -0.05) is 36.4 Å². The summed E-state index contributed by atoms with van der Waals surface area (Å²) in [4.78, 5) is 101. The first-order chi connectivity index (χ1) is 36.3. The number of benzene rings is 5. The lowest BCUT2D eigenvalue weighted by Crippen LogP contribution is -2.37. The molecule has 0 unspecified atom stereocenters. The fourth-order valence-corrected chi connectivity index (χ4v) is 10.3. The van der Waals surface area contributed by atoms with Gasteiger partial charge in [-0.05, 0) is 121 Å². The van der Waals surface area contributed by atoms with Crippen molar-refractivity contribution in [2.45, 2.75) is 109 Å². The third-order valence-electron chi connectivity index (χ3n) is 14.4. The van der Waals surface area contributed by atoms with Crippen molar-refractivity contribution in [3.05, 3.63) is 136 Å². The third kappa shape index (κ3) is 11.6. The number of carbonyl (C=O) groups excluding carboxylic acids is 7. The minimum Gasteiger partial charge on any atom is -0.493 e. The molecular formula is C59H61N5O11. The van der Waals surface area contributed by atoms with Crippen molar-refractivity contribution in [3.8, 4) is 17.2 Å². The van der Waals surface area contributed by atoms with Gasteiger partial charge in [0.15, 0.2) is 17.3 Å². The molecule has 0 fully saturated rings. The number of ether oxygens (including phenoxy) is 4. The van der Waals surface area contributed by atoms with E-state index in [4.69, 9.17) is 19.2 Å². The first-order valence-electron chi connectivity index (χ1n) is 25.5. The van der Waals surface area contributed by atoms with E-state index in [1.807, 2.05) is 95.7 Å². The average Bonchev–Trinajstić information content (AvgIpc) is 3.92. The second-order valence-corrected chi connectivity index (χ2v) is 19.5. The highest BCUT2D eigenvalue weighted by Crippen LogP contribution is 2.42. The molecule has 4 amide bonds. The molecule has 2 atom stereocenters. The fourth-order valence-electron chi connectivity index (χ4n) is 10.3. The van der Waals surface area contributed by atoms with E-state index in [-0.39, 0.29) is 106 Å². The van der Waals surface area contributed by atoms with Gasteiger partial charge in [-0.2, -0.15) is 0 Å². The van der Waals surface area contributed by atoms with Crippen LogP contribution < -0.4 is 34.2 Å². The van der Waals surface area contributed by atoms with Gasteiger partial charge in [-0.3, -0.25) is 43.5 Å². The Balaban J connectivity index is 0.886. The molecular weight excluding hydrogens is 955 g/mol. The van der Waals surface area contributed by atoms with Crippen LogP contribution in [0.5, 0.6) is 17.2 Å². The Kier molecular flexibility index (Phi) is 15.8. The molecule has 16 heteroatoms. The third-order valence-corrected chi connectivity index (χ3v) is 14.4. The van der Waals surface area contributed by atoms with E-state index >= 15 is 0 Å². The molecule has 75 heavy (non-hydrogen) atoms. The van der Waals surface area contributed by atoms with Crippen LogP contribution in [-0.4, -0.2) is 87.3 Å². The predicted molar refractivity (Wildman–Crippen MR) is 283 cm³/mol. The normalized spacial score (nSPS) is 15.8. The Hall–Kier alpha value is -8.14. The molecule has 9 rings (SSSR count). The lowest BCUT2D eigenvalue weighted by atomic mass is 9.99. The first kappa shape index (κ1) is 51.7. The van der Waals surface area contributed by atoms with Crippen LogP contribution in [0.3, 0.4) is 0 Å². The van der Waals surface area contributed by atoms with Crippen molar-refractivity contribution in [1.29, 1.82) is 0 Å². The molecule has 0 saturated carbocycles. The summed E-state index contributed by atoms with van der Waals surface area (Å²) in [5, 5.41) is 2.56. The van der Waals surface area contributed by atoms with E-state index in [0.717, 1.165) is 46.5 Å². The number of Topliss-reactive ketones (excluding diaryl/α,β-unsaturated/α-hetero) is 2. The number of unbranched alkanes of at least 4 members (excludes halogenated alkanes) is 1. The highest BCUT2D eigenvalue weighted by atomic mass is 16.5. The Morgan fingerprint density at radius 1 is 0.680 bits per heavy atom. The summed E-state index contributed by atoms with van der Waals surface area (Å²) in [6.07, 6.45) is 5.95. The van der Waals surface area contributed by atoms with E-state index < -0.39 is 5.91 Å². The van der Waals surface area contributed by atoms with Crippen LogP contribution in [0.25, 0.3) is 0 Å². The monoisotopic (exact) mass is 1020 g/mol. The zero-order valence-corrected chi connectivity index (χ0v) is 42.8. The van der Waals surface area contributed by atoms with Gasteiger partial charge < -0.3 is 34.1 Å². The number of rotatable bonds is 21. The van der Waals surface area contributed by atoms with Gasteiger partial charge >= 0.3 is 5.97 Å². The summed E-state index contributed by atoms with van der Waals surface area (Å²) in [5.41, 5.74) is 9.18. The van der Waals surface area contributed by atoms with Crippen molar-refractivity contribution in [2.75, 3.05) is 42.5 Å². The number of anilines is 3. The largest absolute Gasteiger partial charge is 0.493 e. The van der Waals surface area contributed by atoms with Crippen molar-refractivity contribution in [3.63, 3.8) is 0 Å². The highest BCUT2D eigenvalue weighted by molar-refractivity contribution is 6.15. The molecule has 0 bridgehead atoms. The summed E-state index contributed by atoms with van der Waals surface area (Å²) in [7, 11) is 4.47. The van der Waals surface area contributed by atoms with Crippen molar-refractivity contribution in [1.82, 2.24) is 5.32 Å². The summed E-state index contributed by atoms with van der Waals surface area (Å²) in [5.74, 6) is -0.372. The smallest absolute Gasteiger partial charge is 0.305 e. The Bertz CT molecular complexity index is 3110. The molecule has 0 aliphatic carbocycles. The number of esters is 1. The van der Waals surface area contributed by atoms with Crippen LogP contribution >= 0.6 is 0 Å². The molecule has 5 aromatic rings. The average molecular weight is 1020 g/mol. The molecule has 1 N–H and O–H groups in total. The minimum atomic E-state index is -0.444. The molecule has 388 valence electrons. The number of hydrogen-bond donors (Lipinski definition) is 1. The van der Waals surface area contributed by atoms with E-state index in [9.17, 15) is 33.6 Å². The summed E-state index contributed by atoms with van der Waals surface area (Å²) < 4.78 is 23.4. The van der Waals surface area contributed by atoms with Crippen LogP contribution in [0, 0.1) is 6.92 Å². The maximum absolute atomic E-state index is 14.1. The number of nitrogens with zero attached hydrogens (tertiary/aromatic N) is 4. The maximum atomic E-state index is 14.1. The van der Waals surface area contributed by atoms with Crippen LogP contribution in [0.4, 0.5) is 22.7 Å². The van der Waals surface area contributed by atoms with Gasteiger partial charge in [0.2, 0.25) is 11.8 Å². The highest BCUT2D eigenvalue weighted by Gasteiger charge is 2.38. The number of carbonyl (C=O) groups is 7. The molecule has 0 radical (unpaired) electrons. The van der Waals surface area contributed by atoms with Crippen molar-refractivity contribution < 1.29 is 52.5 Å². The Labute approximate surface area is 436 Å². The number of methoxy groups -OCH3 is 2. The number of hydrogen-bond acceptors (Lipinski definition) is 12. The van der Waals surface area contributed by atoms with E-state index in [1.165, 1.54) is 19.1 Å². The lowest BCUT2D eigenvalue weighted by molar-refractivity contribution is -0.140. The molecule has 5 aromatic carbocycles. The Morgan fingerprint density at radius 3 is 2.08 bits per heavy atom. The molecule has 16 nitrogen and oxygen atoms in total.